The Kier molecular flexibility index (Phi) is 6.97. The van der Waals surface area contributed by atoms with Crippen molar-refractivity contribution in [1.29, 1.82) is 0 Å². The number of benzene rings is 1. The van der Waals surface area contributed by atoms with Crippen LogP contribution in [0.3, 0.4) is 0 Å². The Morgan fingerprint density at radius 3 is 2.73 bits per heavy atom. The number of para-hydroxylation sites is 1. The van der Waals surface area contributed by atoms with Crippen LogP contribution in [0.25, 0.3) is 0 Å². The number of carbonyl (C=O) groups is 3. The van der Waals surface area contributed by atoms with E-state index in [2.05, 4.69) is 5.32 Å². The molecule has 0 bridgehead atoms. The van der Waals surface area contributed by atoms with Crippen LogP contribution in [0.2, 0.25) is 0 Å². The number of methoxy groups -OCH3 is 1. The van der Waals surface area contributed by atoms with Gasteiger partial charge >= 0.3 is 12.0 Å². The van der Waals surface area contributed by atoms with Crippen molar-refractivity contribution in [3.05, 3.63) is 29.8 Å². The van der Waals surface area contributed by atoms with Crippen LogP contribution in [0.1, 0.15) is 25.0 Å². The molecule has 1 heterocycles. The summed E-state index contributed by atoms with van der Waals surface area (Å²) in [5, 5.41) is 2.50. The molecule has 0 aromatic heterocycles. The molecule has 8 heteroatoms. The fraction of sp³-hybridized carbons (Fsp3) is 0.500. The molecule has 0 fully saturated rings. The van der Waals surface area contributed by atoms with Crippen LogP contribution in [0.5, 0.6) is 0 Å². The molecule has 0 spiro atoms. The third kappa shape index (κ3) is 4.72. The molecule has 1 atom stereocenters. The standard InChI is InChI=1S/C18H25N3O5/c1-4-26-17(23)11-19-18(24)21-10-9-15(25-3)13-7-5-6-8-14(13)20(2)16(22)12-21/h5-8,15H,4,9-12H2,1-3H3,(H,19,24). The van der Waals surface area contributed by atoms with Gasteiger partial charge in [-0.05, 0) is 19.4 Å². The fourth-order valence-corrected chi connectivity index (χ4v) is 2.87. The van der Waals surface area contributed by atoms with E-state index >= 15 is 0 Å². The summed E-state index contributed by atoms with van der Waals surface area (Å²) in [6.45, 7) is 1.94. The van der Waals surface area contributed by atoms with Crippen molar-refractivity contribution in [2.75, 3.05) is 45.3 Å². The lowest BCUT2D eigenvalue weighted by atomic mass is 10.0. The van der Waals surface area contributed by atoms with E-state index in [1.54, 1.807) is 21.1 Å². The molecule has 142 valence electrons. The summed E-state index contributed by atoms with van der Waals surface area (Å²) >= 11 is 0. The Morgan fingerprint density at radius 2 is 2.04 bits per heavy atom. The van der Waals surface area contributed by atoms with Gasteiger partial charge in [-0.1, -0.05) is 18.2 Å². The Morgan fingerprint density at radius 1 is 1.31 bits per heavy atom. The van der Waals surface area contributed by atoms with Gasteiger partial charge in [0.05, 0.1) is 12.7 Å². The zero-order valence-corrected chi connectivity index (χ0v) is 15.4. The molecule has 0 aliphatic carbocycles. The number of carbonyl (C=O) groups excluding carboxylic acids is 3. The molecule has 1 aliphatic rings. The van der Waals surface area contributed by atoms with Gasteiger partial charge in [-0.3, -0.25) is 9.59 Å². The first-order valence-corrected chi connectivity index (χ1v) is 8.54. The van der Waals surface area contributed by atoms with Crippen molar-refractivity contribution in [1.82, 2.24) is 10.2 Å². The second kappa shape index (κ2) is 9.19. The van der Waals surface area contributed by atoms with Crippen LogP contribution in [0, 0.1) is 0 Å². The van der Waals surface area contributed by atoms with Gasteiger partial charge < -0.3 is 24.6 Å². The maximum atomic E-state index is 12.6. The second-order valence-corrected chi connectivity index (χ2v) is 5.91. The number of likely N-dealkylation sites (N-methyl/N-ethyl adjacent to an activating group) is 1. The van der Waals surface area contributed by atoms with Gasteiger partial charge in [0.2, 0.25) is 5.91 Å². The number of amides is 3. The molecule has 1 N–H and O–H groups in total. The first kappa shape index (κ1) is 19.7. The van der Waals surface area contributed by atoms with Crippen molar-refractivity contribution < 1.29 is 23.9 Å². The summed E-state index contributed by atoms with van der Waals surface area (Å²) in [6.07, 6.45) is 0.279. The number of ether oxygens (including phenoxy) is 2. The topological polar surface area (TPSA) is 88.2 Å². The Labute approximate surface area is 153 Å². The zero-order chi connectivity index (χ0) is 19.1. The monoisotopic (exact) mass is 363 g/mol. The smallest absolute Gasteiger partial charge is 0.325 e. The normalized spacial score (nSPS) is 17.7. The molecule has 1 unspecified atom stereocenters. The number of nitrogens with zero attached hydrogens (tertiary/aromatic N) is 2. The third-order valence-corrected chi connectivity index (χ3v) is 4.27. The lowest BCUT2D eigenvalue weighted by molar-refractivity contribution is -0.141. The number of urea groups is 1. The lowest BCUT2D eigenvalue weighted by Gasteiger charge is -2.24. The number of nitrogens with one attached hydrogen (secondary N) is 1. The van der Waals surface area contributed by atoms with Gasteiger partial charge in [0, 0.05) is 32.0 Å². The molecule has 0 radical (unpaired) electrons. The summed E-state index contributed by atoms with van der Waals surface area (Å²) in [6, 6.07) is 7.04. The molecular weight excluding hydrogens is 338 g/mol. The van der Waals surface area contributed by atoms with E-state index in [4.69, 9.17) is 9.47 Å². The summed E-state index contributed by atoms with van der Waals surface area (Å²) in [5.41, 5.74) is 1.66. The molecule has 3 amide bonds. The largest absolute Gasteiger partial charge is 0.465 e. The highest BCUT2D eigenvalue weighted by molar-refractivity contribution is 5.97. The van der Waals surface area contributed by atoms with Crippen LogP contribution in [0.15, 0.2) is 24.3 Å². The third-order valence-electron chi connectivity index (χ3n) is 4.27. The molecule has 0 saturated carbocycles. The summed E-state index contributed by atoms with van der Waals surface area (Å²) in [5.74, 6) is -0.740. The van der Waals surface area contributed by atoms with E-state index < -0.39 is 12.0 Å². The van der Waals surface area contributed by atoms with Crippen molar-refractivity contribution in [2.45, 2.75) is 19.4 Å². The van der Waals surface area contributed by atoms with Crippen molar-refractivity contribution in [3.63, 3.8) is 0 Å². The van der Waals surface area contributed by atoms with Crippen molar-refractivity contribution in [2.24, 2.45) is 0 Å². The highest BCUT2D eigenvalue weighted by Gasteiger charge is 2.27. The maximum absolute atomic E-state index is 12.6. The van der Waals surface area contributed by atoms with Crippen LogP contribution in [0.4, 0.5) is 10.5 Å². The van der Waals surface area contributed by atoms with E-state index in [-0.39, 0.29) is 31.7 Å². The lowest BCUT2D eigenvalue weighted by Crippen LogP contribution is -2.47. The molecular formula is C18H25N3O5. The summed E-state index contributed by atoms with van der Waals surface area (Å²) in [7, 11) is 3.28. The first-order chi connectivity index (χ1) is 12.5. The van der Waals surface area contributed by atoms with Crippen LogP contribution >= 0.6 is 0 Å². The molecule has 1 aromatic rings. The molecule has 2 rings (SSSR count). The molecule has 1 aliphatic heterocycles. The Balaban J connectivity index is 2.15. The number of rotatable bonds is 4. The SMILES string of the molecule is CCOC(=O)CNC(=O)N1CCC(OC)c2ccccc2N(C)C(=O)C1. The maximum Gasteiger partial charge on any atom is 0.325 e. The minimum atomic E-state index is -0.518. The van der Waals surface area contributed by atoms with E-state index in [1.807, 2.05) is 24.3 Å². The summed E-state index contributed by atoms with van der Waals surface area (Å²) < 4.78 is 10.4. The van der Waals surface area contributed by atoms with Gasteiger partial charge in [-0.25, -0.2) is 4.79 Å². The van der Waals surface area contributed by atoms with E-state index in [1.165, 1.54) is 9.80 Å². The van der Waals surface area contributed by atoms with Crippen LogP contribution in [-0.2, 0) is 19.1 Å². The average molecular weight is 363 g/mol. The predicted molar refractivity (Wildman–Crippen MR) is 95.8 cm³/mol. The van der Waals surface area contributed by atoms with Crippen molar-refractivity contribution >= 4 is 23.6 Å². The summed E-state index contributed by atoms with van der Waals surface area (Å²) in [4.78, 5) is 39.3. The molecule has 1 aromatic carbocycles. The van der Waals surface area contributed by atoms with Crippen LogP contribution in [-0.4, -0.2) is 63.2 Å². The predicted octanol–water partition coefficient (Wildman–Crippen LogP) is 1.32. The average Bonchev–Trinajstić information content (AvgIpc) is 2.69. The van der Waals surface area contributed by atoms with Crippen LogP contribution < -0.4 is 10.2 Å². The van der Waals surface area contributed by atoms with Crippen molar-refractivity contribution in [3.8, 4) is 0 Å². The number of fused-ring (bicyclic) bond motifs is 1. The van der Waals surface area contributed by atoms with Gasteiger partial charge in [0.15, 0.2) is 0 Å². The highest BCUT2D eigenvalue weighted by Crippen LogP contribution is 2.31. The van der Waals surface area contributed by atoms with Gasteiger partial charge in [0.1, 0.15) is 13.1 Å². The highest BCUT2D eigenvalue weighted by atomic mass is 16.5. The minimum absolute atomic E-state index is 0.0874. The minimum Gasteiger partial charge on any atom is -0.465 e. The number of hydrogen-bond acceptors (Lipinski definition) is 5. The first-order valence-electron chi connectivity index (χ1n) is 8.54. The van der Waals surface area contributed by atoms with E-state index in [0.29, 0.717) is 13.0 Å². The number of anilines is 1. The molecule has 0 saturated heterocycles. The Hall–Kier alpha value is -2.61. The van der Waals surface area contributed by atoms with E-state index in [0.717, 1.165) is 11.3 Å². The van der Waals surface area contributed by atoms with Gasteiger partial charge in [-0.2, -0.15) is 0 Å². The zero-order valence-electron chi connectivity index (χ0n) is 15.4. The Bertz CT molecular complexity index is 664. The number of esters is 1. The molecule has 26 heavy (non-hydrogen) atoms. The fourth-order valence-electron chi connectivity index (χ4n) is 2.87. The quantitative estimate of drug-likeness (QED) is 0.815. The number of hydrogen-bond donors (Lipinski definition) is 1. The van der Waals surface area contributed by atoms with Gasteiger partial charge in [0.25, 0.3) is 0 Å². The van der Waals surface area contributed by atoms with E-state index in [9.17, 15) is 14.4 Å². The molecule has 8 nitrogen and oxygen atoms in total. The second-order valence-electron chi connectivity index (χ2n) is 5.91. The van der Waals surface area contributed by atoms with Gasteiger partial charge in [-0.15, -0.1) is 0 Å².